The van der Waals surface area contributed by atoms with Crippen molar-refractivity contribution < 1.29 is 4.79 Å². The number of hydrogen-bond acceptors (Lipinski definition) is 1. The molecule has 10 atom stereocenters. The summed E-state index contributed by atoms with van der Waals surface area (Å²) < 4.78 is 0. The van der Waals surface area contributed by atoms with Gasteiger partial charge in [0, 0.05) is 12.0 Å². The molecule has 2 nitrogen and oxygen atoms in total. The van der Waals surface area contributed by atoms with Crippen molar-refractivity contribution in [1.29, 1.82) is 0 Å². The minimum atomic E-state index is -0.304. The van der Waals surface area contributed by atoms with Crippen LogP contribution in [0.4, 0.5) is 0 Å². The molecule has 1 heterocycles. The molecule has 33 heavy (non-hydrogen) atoms. The third kappa shape index (κ3) is 3.82. The van der Waals surface area contributed by atoms with Crippen molar-refractivity contribution in [1.82, 2.24) is 5.32 Å². The first-order chi connectivity index (χ1) is 15.6. The maximum Gasteiger partial charge on any atom is 0.238 e. The first kappa shape index (κ1) is 24.5. The van der Waals surface area contributed by atoms with E-state index in [0.717, 1.165) is 54.4 Å². The lowest BCUT2D eigenvalue weighted by atomic mass is 9.42. The number of rotatable bonds is 5. The van der Waals surface area contributed by atoms with Gasteiger partial charge < -0.3 is 5.32 Å². The van der Waals surface area contributed by atoms with Crippen LogP contribution in [0.25, 0.3) is 0 Å². The first-order valence-electron chi connectivity index (χ1n) is 14.5. The van der Waals surface area contributed by atoms with Gasteiger partial charge >= 0.3 is 0 Å². The minimum absolute atomic E-state index is 0.0305. The summed E-state index contributed by atoms with van der Waals surface area (Å²) in [6.45, 7) is 13.5. The van der Waals surface area contributed by atoms with E-state index in [4.69, 9.17) is 11.6 Å². The molecular formula is C30H50ClNO. The van der Waals surface area contributed by atoms with E-state index in [9.17, 15) is 4.79 Å². The summed E-state index contributed by atoms with van der Waals surface area (Å²) in [5, 5.41) is 2.79. The smallest absolute Gasteiger partial charge is 0.238 e. The van der Waals surface area contributed by atoms with Crippen LogP contribution in [-0.2, 0) is 4.79 Å². The Kier molecular flexibility index (Phi) is 6.45. The van der Waals surface area contributed by atoms with Crippen LogP contribution < -0.4 is 5.32 Å². The number of carbonyl (C=O) groups excluding carboxylic acids is 1. The fraction of sp³-hybridized carbons (Fsp3) is 0.967. The Morgan fingerprint density at radius 1 is 0.939 bits per heavy atom. The molecule has 5 rings (SSSR count). The number of halogens is 1. The average molecular weight is 476 g/mol. The predicted molar refractivity (Wildman–Crippen MR) is 138 cm³/mol. The van der Waals surface area contributed by atoms with Crippen molar-refractivity contribution in [2.45, 2.75) is 117 Å². The van der Waals surface area contributed by atoms with Gasteiger partial charge in [0.1, 0.15) is 5.38 Å². The zero-order valence-corrected chi connectivity index (χ0v) is 22.9. The lowest BCUT2D eigenvalue weighted by Gasteiger charge is -2.62. The number of hydrogen-bond donors (Lipinski definition) is 1. The fourth-order valence-corrected chi connectivity index (χ4v) is 10.9. The van der Waals surface area contributed by atoms with Crippen molar-refractivity contribution in [2.75, 3.05) is 6.54 Å². The molecule has 1 aliphatic heterocycles. The Labute approximate surface area is 208 Å². The maximum absolute atomic E-state index is 12.2. The Morgan fingerprint density at radius 3 is 2.39 bits per heavy atom. The van der Waals surface area contributed by atoms with Crippen LogP contribution in [-0.4, -0.2) is 17.8 Å². The van der Waals surface area contributed by atoms with Gasteiger partial charge in [-0.2, -0.15) is 0 Å². The van der Waals surface area contributed by atoms with E-state index in [-0.39, 0.29) is 16.7 Å². The summed E-state index contributed by atoms with van der Waals surface area (Å²) >= 11 is 6.69. The summed E-state index contributed by atoms with van der Waals surface area (Å²) in [5.74, 6) is 6.34. The van der Waals surface area contributed by atoms with Crippen molar-refractivity contribution in [2.24, 2.45) is 57.7 Å². The predicted octanol–water partition coefficient (Wildman–Crippen LogP) is 7.83. The molecule has 0 bridgehead atoms. The van der Waals surface area contributed by atoms with Gasteiger partial charge in [0.05, 0.1) is 0 Å². The molecule has 4 aliphatic carbocycles. The molecule has 5 fully saturated rings. The molecule has 1 amide bonds. The summed E-state index contributed by atoms with van der Waals surface area (Å²) in [5.41, 5.74) is 1.09. The molecule has 5 aliphatic rings. The lowest BCUT2D eigenvalue weighted by Crippen LogP contribution is -2.56. The summed E-state index contributed by atoms with van der Waals surface area (Å²) in [6.07, 6.45) is 16.6. The molecule has 1 spiro atoms. The summed E-state index contributed by atoms with van der Waals surface area (Å²) in [6, 6.07) is 0. The van der Waals surface area contributed by atoms with Gasteiger partial charge in [-0.05, 0) is 110 Å². The molecule has 1 unspecified atom stereocenters. The Balaban J connectivity index is 1.29. The number of fused-ring (bicyclic) bond motifs is 5. The maximum atomic E-state index is 12.2. The van der Waals surface area contributed by atoms with Crippen LogP contribution >= 0.6 is 11.6 Å². The normalized spacial score (nSPS) is 50.1. The Bertz CT molecular complexity index is 752. The quantitative estimate of drug-likeness (QED) is 0.403. The zero-order chi connectivity index (χ0) is 23.6. The van der Waals surface area contributed by atoms with Gasteiger partial charge in [-0.15, -0.1) is 11.6 Å². The van der Waals surface area contributed by atoms with Gasteiger partial charge in [-0.3, -0.25) is 4.79 Å². The number of nitrogens with one attached hydrogen (secondary N) is 1. The monoisotopic (exact) mass is 475 g/mol. The van der Waals surface area contributed by atoms with Crippen molar-refractivity contribution in [3.8, 4) is 0 Å². The standard InChI is InChI=1S/C30H50ClNO/c1-19(2)7-6-8-20(3)23-11-12-24-22-10-9-21-17-30(18-32-27(33)26(30)31)16-15-28(21,4)25(22)13-14-29(23,24)5/h19-26H,6-18H2,1-5H3,(H,32,33)/t20-,21+,22+,23-,24+,25+,26?,28+,29-,30-/m1/s1. The second kappa shape index (κ2) is 8.70. The fourth-order valence-electron chi connectivity index (χ4n) is 10.5. The van der Waals surface area contributed by atoms with Crippen LogP contribution in [0.5, 0.6) is 0 Å². The van der Waals surface area contributed by atoms with E-state index in [0.29, 0.717) is 10.8 Å². The average Bonchev–Trinajstić information content (AvgIpc) is 3.26. The molecule has 0 radical (unpaired) electrons. The van der Waals surface area contributed by atoms with Crippen LogP contribution in [0.15, 0.2) is 0 Å². The third-order valence-electron chi connectivity index (χ3n) is 12.5. The topological polar surface area (TPSA) is 29.1 Å². The zero-order valence-electron chi connectivity index (χ0n) is 22.1. The summed E-state index contributed by atoms with van der Waals surface area (Å²) in [7, 11) is 0. The van der Waals surface area contributed by atoms with Crippen molar-refractivity contribution >= 4 is 17.5 Å². The molecule has 0 aromatic heterocycles. The second-order valence-corrected chi connectivity index (χ2v) is 14.8. The van der Waals surface area contributed by atoms with Gasteiger partial charge in [0.25, 0.3) is 0 Å². The second-order valence-electron chi connectivity index (χ2n) is 14.3. The SMILES string of the molecule is CC(C)CCC[C@@H](C)[C@H]1CC[C@H]2[C@@H]3CC[C@H]4C[C@]5(CC[C@]4(C)[C@H]3CC[C@]12C)CNC(=O)C5Cl. The largest absolute Gasteiger partial charge is 0.354 e. The third-order valence-corrected chi connectivity index (χ3v) is 13.1. The van der Waals surface area contributed by atoms with E-state index in [2.05, 4.69) is 39.9 Å². The molecule has 188 valence electrons. The summed E-state index contributed by atoms with van der Waals surface area (Å²) in [4.78, 5) is 12.2. The molecule has 1 saturated heterocycles. The minimum Gasteiger partial charge on any atom is -0.354 e. The van der Waals surface area contributed by atoms with E-state index in [1.165, 1.54) is 70.6 Å². The molecule has 0 aromatic carbocycles. The van der Waals surface area contributed by atoms with Crippen LogP contribution in [0.2, 0.25) is 0 Å². The highest BCUT2D eigenvalue weighted by molar-refractivity contribution is 6.32. The van der Waals surface area contributed by atoms with Crippen LogP contribution in [0, 0.1) is 57.7 Å². The number of carbonyl (C=O) groups is 1. The van der Waals surface area contributed by atoms with E-state index >= 15 is 0 Å². The van der Waals surface area contributed by atoms with Crippen molar-refractivity contribution in [3.63, 3.8) is 0 Å². The number of amides is 1. The van der Waals surface area contributed by atoms with Gasteiger partial charge in [-0.1, -0.05) is 53.9 Å². The molecule has 1 N–H and O–H groups in total. The highest BCUT2D eigenvalue weighted by Gasteiger charge is 2.63. The molecule has 3 heteroatoms. The van der Waals surface area contributed by atoms with E-state index < -0.39 is 0 Å². The highest BCUT2D eigenvalue weighted by atomic mass is 35.5. The highest BCUT2D eigenvalue weighted by Crippen LogP contribution is 2.70. The lowest BCUT2D eigenvalue weighted by molar-refractivity contribution is -0.133. The molecule has 0 aromatic rings. The van der Waals surface area contributed by atoms with E-state index in [1.807, 2.05) is 0 Å². The van der Waals surface area contributed by atoms with E-state index in [1.54, 1.807) is 0 Å². The van der Waals surface area contributed by atoms with Gasteiger partial charge in [0.2, 0.25) is 5.91 Å². The van der Waals surface area contributed by atoms with Gasteiger partial charge in [0.15, 0.2) is 0 Å². The Hall–Kier alpha value is -0.240. The van der Waals surface area contributed by atoms with Crippen LogP contribution in [0.3, 0.4) is 0 Å². The number of alkyl halides is 1. The first-order valence-corrected chi connectivity index (χ1v) is 15.0. The van der Waals surface area contributed by atoms with Crippen molar-refractivity contribution in [3.05, 3.63) is 0 Å². The molecular weight excluding hydrogens is 426 g/mol. The van der Waals surface area contributed by atoms with Crippen LogP contribution in [0.1, 0.15) is 112 Å². The molecule has 4 saturated carbocycles. The van der Waals surface area contributed by atoms with Gasteiger partial charge in [-0.25, -0.2) is 0 Å². The Morgan fingerprint density at radius 2 is 1.70 bits per heavy atom.